The molecule has 0 radical (unpaired) electrons. The lowest BCUT2D eigenvalue weighted by Crippen LogP contribution is -2.21. The summed E-state index contributed by atoms with van der Waals surface area (Å²) < 4.78 is 51.6. The van der Waals surface area contributed by atoms with Gasteiger partial charge in [-0.25, -0.2) is 4.39 Å². The van der Waals surface area contributed by atoms with Crippen LogP contribution in [0.25, 0.3) is 5.69 Å². The number of alkyl halides is 3. The second-order valence-electron chi connectivity index (χ2n) is 4.17. The van der Waals surface area contributed by atoms with E-state index >= 15 is 0 Å². The van der Waals surface area contributed by atoms with Crippen molar-refractivity contribution in [3.8, 4) is 11.4 Å². The van der Waals surface area contributed by atoms with Gasteiger partial charge in [0.15, 0.2) is 11.6 Å². The van der Waals surface area contributed by atoms with Crippen LogP contribution in [0.4, 0.5) is 23.2 Å². The number of aromatic nitrogens is 1. The minimum Gasteiger partial charge on any atom is -0.502 e. The number of nitro benzene ring substituents is 1. The summed E-state index contributed by atoms with van der Waals surface area (Å²) in [6, 6.07) is 1.72. The minimum atomic E-state index is -4.75. The molecule has 0 bridgehead atoms. The molecule has 10 heteroatoms. The Balaban J connectivity index is 2.65. The smallest absolute Gasteiger partial charge is 0.416 e. The lowest BCUT2D eigenvalue weighted by Gasteiger charge is -2.10. The third kappa shape index (κ3) is 2.75. The van der Waals surface area contributed by atoms with Crippen molar-refractivity contribution in [1.29, 1.82) is 0 Å². The van der Waals surface area contributed by atoms with Gasteiger partial charge in [-0.2, -0.15) is 13.2 Å². The van der Waals surface area contributed by atoms with Crippen LogP contribution in [-0.4, -0.2) is 14.6 Å². The van der Waals surface area contributed by atoms with Crippen LogP contribution in [0, 0.1) is 15.9 Å². The van der Waals surface area contributed by atoms with Crippen LogP contribution in [0.1, 0.15) is 5.56 Å². The summed E-state index contributed by atoms with van der Waals surface area (Å²) in [7, 11) is 0. The summed E-state index contributed by atoms with van der Waals surface area (Å²) in [5.74, 6) is -2.17. The first-order valence-corrected chi connectivity index (χ1v) is 5.58. The molecule has 0 atom stereocenters. The number of pyridine rings is 1. The molecule has 2 aromatic rings. The molecule has 1 N–H and O–H groups in total. The van der Waals surface area contributed by atoms with Crippen LogP contribution in [0.3, 0.4) is 0 Å². The zero-order valence-corrected chi connectivity index (χ0v) is 10.5. The standard InChI is InChI=1S/C12H6F4N2O4/c13-7-4-10(19)9(18(21)22)5-8(7)17-2-1-6(3-11(17)20)12(14,15)16/h1-5,19H. The summed E-state index contributed by atoms with van der Waals surface area (Å²) in [6.45, 7) is 0. The quantitative estimate of drug-likeness (QED) is 0.524. The highest BCUT2D eigenvalue weighted by molar-refractivity contribution is 5.53. The van der Waals surface area contributed by atoms with Crippen molar-refractivity contribution in [1.82, 2.24) is 4.57 Å². The highest BCUT2D eigenvalue weighted by Gasteiger charge is 2.31. The number of aromatic hydroxyl groups is 1. The monoisotopic (exact) mass is 318 g/mol. The van der Waals surface area contributed by atoms with Gasteiger partial charge in [-0.1, -0.05) is 0 Å². The van der Waals surface area contributed by atoms with Crippen LogP contribution < -0.4 is 5.56 Å². The van der Waals surface area contributed by atoms with E-state index in [4.69, 9.17) is 0 Å². The summed E-state index contributed by atoms with van der Waals surface area (Å²) in [5, 5.41) is 19.9. The number of rotatable bonds is 2. The Morgan fingerprint density at radius 3 is 2.36 bits per heavy atom. The topological polar surface area (TPSA) is 85.4 Å². The van der Waals surface area contributed by atoms with Gasteiger partial charge < -0.3 is 5.11 Å². The Bertz CT molecular complexity index is 814. The normalized spacial score (nSPS) is 11.5. The van der Waals surface area contributed by atoms with Crippen molar-refractivity contribution in [2.45, 2.75) is 6.18 Å². The molecule has 1 aromatic heterocycles. The number of phenols is 1. The van der Waals surface area contributed by atoms with Gasteiger partial charge >= 0.3 is 11.9 Å². The summed E-state index contributed by atoms with van der Waals surface area (Å²) in [6.07, 6.45) is -4.11. The summed E-state index contributed by atoms with van der Waals surface area (Å²) in [5.41, 5.74) is -4.00. The Morgan fingerprint density at radius 2 is 1.86 bits per heavy atom. The maximum atomic E-state index is 13.7. The van der Waals surface area contributed by atoms with E-state index in [1.54, 1.807) is 0 Å². The van der Waals surface area contributed by atoms with Crippen LogP contribution in [-0.2, 0) is 6.18 Å². The van der Waals surface area contributed by atoms with Crippen LogP contribution in [0.2, 0.25) is 0 Å². The Labute approximate surface area is 119 Å². The lowest BCUT2D eigenvalue weighted by atomic mass is 10.2. The highest BCUT2D eigenvalue weighted by atomic mass is 19.4. The Morgan fingerprint density at radius 1 is 1.23 bits per heavy atom. The average molecular weight is 318 g/mol. The molecule has 6 nitrogen and oxygen atoms in total. The lowest BCUT2D eigenvalue weighted by molar-refractivity contribution is -0.385. The van der Waals surface area contributed by atoms with Crippen molar-refractivity contribution < 1.29 is 27.6 Å². The number of nitro groups is 1. The van der Waals surface area contributed by atoms with E-state index < -0.39 is 45.2 Å². The number of halogens is 4. The predicted octanol–water partition coefficient (Wildman–Crippen LogP) is 2.61. The van der Waals surface area contributed by atoms with Crippen molar-refractivity contribution >= 4 is 5.69 Å². The number of hydrogen-bond acceptors (Lipinski definition) is 4. The molecule has 0 aliphatic heterocycles. The van der Waals surface area contributed by atoms with Gasteiger partial charge in [0.25, 0.3) is 5.56 Å². The van der Waals surface area contributed by atoms with E-state index in [9.17, 15) is 37.6 Å². The third-order valence-corrected chi connectivity index (χ3v) is 2.75. The largest absolute Gasteiger partial charge is 0.502 e. The first-order valence-electron chi connectivity index (χ1n) is 5.58. The Hall–Kier alpha value is -2.91. The van der Waals surface area contributed by atoms with E-state index in [1.165, 1.54) is 0 Å². The number of phenolic OH excluding ortho intramolecular Hbond substituents is 1. The van der Waals surface area contributed by atoms with Crippen LogP contribution in [0.15, 0.2) is 35.3 Å². The zero-order valence-electron chi connectivity index (χ0n) is 10.5. The van der Waals surface area contributed by atoms with Crippen LogP contribution >= 0.6 is 0 Å². The number of benzene rings is 1. The van der Waals surface area contributed by atoms with Gasteiger partial charge in [-0.05, 0) is 6.07 Å². The maximum absolute atomic E-state index is 13.7. The highest BCUT2D eigenvalue weighted by Crippen LogP contribution is 2.31. The van der Waals surface area contributed by atoms with E-state index in [2.05, 4.69) is 0 Å². The van der Waals surface area contributed by atoms with Crippen LogP contribution in [0.5, 0.6) is 5.75 Å². The average Bonchev–Trinajstić information content (AvgIpc) is 2.38. The molecule has 1 heterocycles. The van der Waals surface area contributed by atoms with E-state index in [1.807, 2.05) is 0 Å². The zero-order chi connectivity index (χ0) is 16.7. The van der Waals surface area contributed by atoms with Gasteiger partial charge in [0, 0.05) is 24.4 Å². The predicted molar refractivity (Wildman–Crippen MR) is 65.3 cm³/mol. The van der Waals surface area contributed by atoms with Crippen molar-refractivity contribution in [3.63, 3.8) is 0 Å². The van der Waals surface area contributed by atoms with Gasteiger partial charge in [0.1, 0.15) is 0 Å². The Kier molecular flexibility index (Phi) is 3.61. The van der Waals surface area contributed by atoms with E-state index in [-0.39, 0.29) is 6.07 Å². The fraction of sp³-hybridized carbons (Fsp3) is 0.0833. The molecule has 0 saturated heterocycles. The van der Waals surface area contributed by atoms with Gasteiger partial charge in [-0.15, -0.1) is 0 Å². The van der Waals surface area contributed by atoms with Crippen molar-refractivity contribution in [2.24, 2.45) is 0 Å². The maximum Gasteiger partial charge on any atom is 0.416 e. The number of hydrogen-bond donors (Lipinski definition) is 1. The summed E-state index contributed by atoms with van der Waals surface area (Å²) >= 11 is 0. The molecule has 0 amide bonds. The molecule has 0 fully saturated rings. The first kappa shape index (κ1) is 15.5. The molecule has 1 aromatic carbocycles. The fourth-order valence-electron chi connectivity index (χ4n) is 1.73. The molecule has 116 valence electrons. The molecule has 0 aliphatic carbocycles. The van der Waals surface area contributed by atoms with Gasteiger partial charge in [-0.3, -0.25) is 19.5 Å². The molecule has 0 saturated carbocycles. The van der Waals surface area contributed by atoms with Gasteiger partial charge in [0.05, 0.1) is 16.2 Å². The third-order valence-electron chi connectivity index (χ3n) is 2.75. The molecular formula is C12H6F4N2O4. The van der Waals surface area contributed by atoms with Gasteiger partial charge in [0.2, 0.25) is 0 Å². The molecule has 2 rings (SSSR count). The second kappa shape index (κ2) is 5.13. The summed E-state index contributed by atoms with van der Waals surface area (Å²) in [4.78, 5) is 21.3. The first-order chi connectivity index (χ1) is 10.1. The molecule has 0 unspecified atom stereocenters. The van der Waals surface area contributed by atoms with E-state index in [0.29, 0.717) is 29.0 Å². The van der Waals surface area contributed by atoms with Crippen molar-refractivity contribution in [2.75, 3.05) is 0 Å². The fourth-order valence-corrected chi connectivity index (χ4v) is 1.73. The minimum absolute atomic E-state index is 0.234. The van der Waals surface area contributed by atoms with Crippen molar-refractivity contribution in [3.05, 3.63) is 62.3 Å². The van der Waals surface area contributed by atoms with E-state index in [0.717, 1.165) is 0 Å². The molecular weight excluding hydrogens is 312 g/mol. The second-order valence-corrected chi connectivity index (χ2v) is 4.17. The molecule has 0 aliphatic rings. The molecule has 22 heavy (non-hydrogen) atoms. The SMILES string of the molecule is O=c1cc(C(F)(F)F)ccn1-c1cc([N+](=O)[O-])c(O)cc1F. The molecule has 0 spiro atoms. The number of nitrogens with zero attached hydrogens (tertiary/aromatic N) is 2.